The largest absolute Gasteiger partial charge is 0.352 e. The van der Waals surface area contributed by atoms with E-state index in [1.54, 1.807) is 4.68 Å². The van der Waals surface area contributed by atoms with Crippen LogP contribution in [-0.2, 0) is 16.6 Å². The zero-order valence-electron chi connectivity index (χ0n) is 14.4. The molecule has 132 valence electrons. The lowest BCUT2D eigenvalue weighted by Gasteiger charge is -2.33. The molecular weight excluding hydrogens is 308 g/mol. The van der Waals surface area contributed by atoms with Crippen molar-refractivity contribution in [3.05, 3.63) is 11.8 Å². The lowest BCUT2D eigenvalue weighted by molar-refractivity contribution is -0.123. The highest BCUT2D eigenvalue weighted by Gasteiger charge is 2.25. The van der Waals surface area contributed by atoms with E-state index in [2.05, 4.69) is 25.5 Å². The molecule has 8 nitrogen and oxygen atoms in total. The first-order valence-corrected chi connectivity index (χ1v) is 8.54. The number of carbonyl (C=O) groups is 2. The number of amides is 2. The summed E-state index contributed by atoms with van der Waals surface area (Å²) in [4.78, 5) is 28.2. The van der Waals surface area contributed by atoms with Gasteiger partial charge in [-0.05, 0) is 19.8 Å². The summed E-state index contributed by atoms with van der Waals surface area (Å²) in [7, 11) is 1.81. The quantitative estimate of drug-likeness (QED) is 0.737. The van der Waals surface area contributed by atoms with Gasteiger partial charge in [0.1, 0.15) is 5.82 Å². The Morgan fingerprint density at radius 2 is 1.71 bits per heavy atom. The highest BCUT2D eigenvalue weighted by atomic mass is 16.2. The average Bonchev–Trinajstić information content (AvgIpc) is 3.26. The molecule has 0 radical (unpaired) electrons. The molecule has 8 heteroatoms. The average molecular weight is 334 g/mol. The summed E-state index contributed by atoms with van der Waals surface area (Å²) >= 11 is 0. The molecule has 2 heterocycles. The van der Waals surface area contributed by atoms with Crippen LogP contribution >= 0.6 is 0 Å². The molecule has 1 aliphatic carbocycles. The van der Waals surface area contributed by atoms with Crippen LogP contribution in [0.4, 0.5) is 5.82 Å². The van der Waals surface area contributed by atoms with Crippen LogP contribution in [0.3, 0.4) is 0 Å². The van der Waals surface area contributed by atoms with Crippen LogP contribution in [0.5, 0.6) is 0 Å². The van der Waals surface area contributed by atoms with Gasteiger partial charge >= 0.3 is 0 Å². The fraction of sp³-hybridized carbons (Fsp3) is 0.688. The molecule has 0 bridgehead atoms. The molecule has 0 aromatic carbocycles. The Labute approximate surface area is 142 Å². The van der Waals surface area contributed by atoms with Crippen molar-refractivity contribution < 1.29 is 9.59 Å². The number of hydrogen-bond donors (Lipinski definition) is 2. The second-order valence-electron chi connectivity index (χ2n) is 6.74. The highest BCUT2D eigenvalue weighted by molar-refractivity contribution is 5.91. The van der Waals surface area contributed by atoms with Gasteiger partial charge in [-0.2, -0.15) is 5.10 Å². The summed E-state index contributed by atoms with van der Waals surface area (Å²) in [5.74, 6) is 0.807. The first-order valence-electron chi connectivity index (χ1n) is 8.54. The van der Waals surface area contributed by atoms with E-state index < -0.39 is 0 Å². The second kappa shape index (κ2) is 7.31. The van der Waals surface area contributed by atoms with E-state index in [1.807, 2.05) is 20.0 Å². The van der Waals surface area contributed by atoms with Crippen LogP contribution in [0.1, 0.15) is 18.5 Å². The lowest BCUT2D eigenvalue weighted by atomic mass is 10.3. The summed E-state index contributed by atoms with van der Waals surface area (Å²) in [6.45, 7) is 5.96. The Bertz CT molecular complexity index is 602. The monoisotopic (exact) mass is 334 g/mol. The van der Waals surface area contributed by atoms with Crippen molar-refractivity contribution in [1.82, 2.24) is 24.9 Å². The fourth-order valence-electron chi connectivity index (χ4n) is 2.92. The number of anilines is 1. The fourth-order valence-corrected chi connectivity index (χ4v) is 2.92. The smallest absolute Gasteiger partial charge is 0.239 e. The topological polar surface area (TPSA) is 82.5 Å². The molecule has 1 saturated heterocycles. The molecule has 0 unspecified atom stereocenters. The second-order valence-corrected chi connectivity index (χ2v) is 6.74. The molecule has 2 N–H and O–H groups in total. The molecular formula is C16H26N6O2. The van der Waals surface area contributed by atoms with Gasteiger partial charge in [-0.1, -0.05) is 0 Å². The van der Waals surface area contributed by atoms with Crippen molar-refractivity contribution in [2.45, 2.75) is 25.8 Å². The van der Waals surface area contributed by atoms with E-state index in [1.165, 1.54) is 0 Å². The first kappa shape index (κ1) is 16.9. The van der Waals surface area contributed by atoms with Crippen LogP contribution in [-0.4, -0.2) is 76.7 Å². The maximum Gasteiger partial charge on any atom is 0.239 e. The maximum absolute atomic E-state index is 12.2. The summed E-state index contributed by atoms with van der Waals surface area (Å²) in [6, 6.07) is 2.27. The molecule has 1 aromatic rings. The van der Waals surface area contributed by atoms with Gasteiger partial charge in [-0.15, -0.1) is 0 Å². The van der Waals surface area contributed by atoms with Gasteiger partial charge in [-0.25, -0.2) is 0 Å². The third kappa shape index (κ3) is 4.78. The molecule has 3 rings (SSSR count). The standard InChI is InChI=1S/C16H26N6O2/c1-12-9-14(20(2)19-12)18-16(24)11-22-7-5-21(6-8-22)10-15(23)17-13-3-4-13/h9,13H,3-8,10-11H2,1-2H3,(H,17,23)(H,18,24). The third-order valence-corrected chi connectivity index (χ3v) is 4.41. The minimum atomic E-state index is -0.0297. The molecule has 2 aliphatic rings. The summed E-state index contributed by atoms with van der Waals surface area (Å²) in [5.41, 5.74) is 0.880. The molecule has 1 aliphatic heterocycles. The van der Waals surface area contributed by atoms with Gasteiger partial charge in [0.25, 0.3) is 0 Å². The van der Waals surface area contributed by atoms with Gasteiger partial charge in [0, 0.05) is 45.3 Å². The SMILES string of the molecule is Cc1cc(NC(=O)CN2CCN(CC(=O)NC3CC3)CC2)n(C)n1. The van der Waals surface area contributed by atoms with Crippen molar-refractivity contribution in [1.29, 1.82) is 0 Å². The van der Waals surface area contributed by atoms with Crippen molar-refractivity contribution in [2.24, 2.45) is 7.05 Å². The Balaban J connectivity index is 1.37. The van der Waals surface area contributed by atoms with E-state index >= 15 is 0 Å². The predicted octanol–water partition coefficient (Wildman–Crippen LogP) is -0.437. The van der Waals surface area contributed by atoms with Crippen LogP contribution in [0.2, 0.25) is 0 Å². The number of carbonyl (C=O) groups excluding carboxylic acids is 2. The molecule has 24 heavy (non-hydrogen) atoms. The molecule has 2 amide bonds. The number of nitrogens with zero attached hydrogens (tertiary/aromatic N) is 4. The van der Waals surface area contributed by atoms with Gasteiger partial charge < -0.3 is 10.6 Å². The Hall–Kier alpha value is -1.93. The highest BCUT2D eigenvalue weighted by Crippen LogP contribution is 2.18. The molecule has 0 atom stereocenters. The predicted molar refractivity (Wildman–Crippen MR) is 90.6 cm³/mol. The number of rotatable bonds is 6. The van der Waals surface area contributed by atoms with E-state index in [0.717, 1.165) is 44.7 Å². The normalized spacial score (nSPS) is 19.2. The third-order valence-electron chi connectivity index (χ3n) is 4.41. The minimum Gasteiger partial charge on any atom is -0.352 e. The minimum absolute atomic E-state index is 0.0297. The first-order chi connectivity index (χ1) is 11.5. The molecule has 2 fully saturated rings. The number of piperazine rings is 1. The van der Waals surface area contributed by atoms with E-state index in [-0.39, 0.29) is 11.8 Å². The van der Waals surface area contributed by atoms with Crippen LogP contribution in [0, 0.1) is 6.92 Å². The number of nitrogens with one attached hydrogen (secondary N) is 2. The van der Waals surface area contributed by atoms with Crippen molar-refractivity contribution in [2.75, 3.05) is 44.6 Å². The van der Waals surface area contributed by atoms with Gasteiger partial charge in [0.15, 0.2) is 0 Å². The van der Waals surface area contributed by atoms with Crippen molar-refractivity contribution in [3.63, 3.8) is 0 Å². The number of hydrogen-bond acceptors (Lipinski definition) is 5. The molecule has 1 saturated carbocycles. The van der Waals surface area contributed by atoms with Crippen LogP contribution in [0.25, 0.3) is 0 Å². The van der Waals surface area contributed by atoms with Gasteiger partial charge in [0.05, 0.1) is 18.8 Å². The zero-order chi connectivity index (χ0) is 17.1. The Morgan fingerprint density at radius 3 is 2.21 bits per heavy atom. The van der Waals surface area contributed by atoms with Crippen LogP contribution in [0.15, 0.2) is 6.07 Å². The van der Waals surface area contributed by atoms with Crippen LogP contribution < -0.4 is 10.6 Å². The van der Waals surface area contributed by atoms with E-state index in [4.69, 9.17) is 0 Å². The maximum atomic E-state index is 12.2. The van der Waals surface area contributed by atoms with Gasteiger partial charge in [0.2, 0.25) is 11.8 Å². The lowest BCUT2D eigenvalue weighted by Crippen LogP contribution is -2.51. The van der Waals surface area contributed by atoms with E-state index in [0.29, 0.717) is 24.9 Å². The Morgan fingerprint density at radius 1 is 1.12 bits per heavy atom. The van der Waals surface area contributed by atoms with E-state index in [9.17, 15) is 9.59 Å². The summed E-state index contributed by atoms with van der Waals surface area (Å²) in [5, 5.41) is 10.1. The van der Waals surface area contributed by atoms with Crippen molar-refractivity contribution in [3.8, 4) is 0 Å². The number of aromatic nitrogens is 2. The molecule has 0 spiro atoms. The zero-order valence-corrected chi connectivity index (χ0v) is 14.4. The van der Waals surface area contributed by atoms with Crippen molar-refractivity contribution >= 4 is 17.6 Å². The number of aryl methyl sites for hydroxylation is 2. The molecule has 1 aromatic heterocycles. The summed E-state index contributed by atoms with van der Waals surface area (Å²) < 4.78 is 1.67. The summed E-state index contributed by atoms with van der Waals surface area (Å²) in [6.07, 6.45) is 2.23. The van der Waals surface area contributed by atoms with Gasteiger partial charge in [-0.3, -0.25) is 24.1 Å². The Kier molecular flexibility index (Phi) is 5.15.